The van der Waals surface area contributed by atoms with Gasteiger partial charge in [-0.15, -0.1) is 0 Å². The number of hydrogen-bond acceptors (Lipinski definition) is 2. The van der Waals surface area contributed by atoms with Gasteiger partial charge >= 0.3 is 0 Å². The van der Waals surface area contributed by atoms with E-state index in [9.17, 15) is 4.39 Å². The van der Waals surface area contributed by atoms with E-state index in [0.29, 0.717) is 35.8 Å². The molecule has 1 N–H and O–H groups in total. The molecule has 1 saturated carbocycles. The van der Waals surface area contributed by atoms with Gasteiger partial charge in [-0.1, -0.05) is 39.0 Å². The van der Waals surface area contributed by atoms with Gasteiger partial charge in [0, 0.05) is 18.5 Å². The summed E-state index contributed by atoms with van der Waals surface area (Å²) in [6, 6.07) is 3.49. The van der Waals surface area contributed by atoms with Gasteiger partial charge in [0.15, 0.2) is 0 Å². The van der Waals surface area contributed by atoms with Gasteiger partial charge in [0.05, 0.1) is 5.69 Å². The van der Waals surface area contributed by atoms with Crippen LogP contribution in [0.3, 0.4) is 0 Å². The SMILES string of the molecule is CC(C)[C@@H](C)NCc1nc(C#CC2CCCCC2)ccc1F. The first-order valence-electron chi connectivity index (χ1n) is 8.46. The molecule has 1 aliphatic rings. The molecule has 1 heterocycles. The maximum Gasteiger partial charge on any atom is 0.146 e. The van der Waals surface area contributed by atoms with Crippen molar-refractivity contribution in [3.63, 3.8) is 0 Å². The van der Waals surface area contributed by atoms with E-state index in [4.69, 9.17) is 0 Å². The Balaban J connectivity index is 2.01. The maximum atomic E-state index is 13.9. The van der Waals surface area contributed by atoms with E-state index in [1.807, 2.05) is 0 Å². The maximum absolute atomic E-state index is 13.9. The minimum absolute atomic E-state index is 0.258. The molecule has 0 amide bonds. The van der Waals surface area contributed by atoms with Gasteiger partial charge in [-0.3, -0.25) is 0 Å². The van der Waals surface area contributed by atoms with Crippen LogP contribution in [0, 0.1) is 29.5 Å². The summed E-state index contributed by atoms with van der Waals surface area (Å²) in [6.07, 6.45) is 6.26. The third-order valence-corrected chi connectivity index (χ3v) is 4.52. The lowest BCUT2D eigenvalue weighted by Crippen LogP contribution is -2.30. The highest BCUT2D eigenvalue weighted by molar-refractivity contribution is 5.30. The van der Waals surface area contributed by atoms with Crippen LogP contribution < -0.4 is 5.32 Å². The minimum Gasteiger partial charge on any atom is -0.308 e. The van der Waals surface area contributed by atoms with E-state index < -0.39 is 0 Å². The summed E-state index contributed by atoms with van der Waals surface area (Å²) >= 11 is 0. The van der Waals surface area contributed by atoms with Gasteiger partial charge in [0.2, 0.25) is 0 Å². The molecule has 0 spiro atoms. The third-order valence-electron chi connectivity index (χ3n) is 4.52. The first-order valence-corrected chi connectivity index (χ1v) is 8.46. The molecule has 3 heteroatoms. The standard InChI is InChI=1S/C19H27FN2/c1-14(2)15(3)21-13-19-18(20)12-11-17(22-19)10-9-16-7-5-4-6-8-16/h11-12,14-16,21H,4-8,13H2,1-3H3/t15-/m1/s1. The van der Waals surface area contributed by atoms with Crippen molar-refractivity contribution in [1.82, 2.24) is 10.3 Å². The van der Waals surface area contributed by atoms with Crippen molar-refractivity contribution in [2.45, 2.75) is 65.5 Å². The number of halogens is 1. The van der Waals surface area contributed by atoms with Gasteiger partial charge in [-0.25, -0.2) is 9.37 Å². The van der Waals surface area contributed by atoms with E-state index in [-0.39, 0.29) is 5.82 Å². The first-order chi connectivity index (χ1) is 10.6. The summed E-state index contributed by atoms with van der Waals surface area (Å²) in [7, 11) is 0. The lowest BCUT2D eigenvalue weighted by Gasteiger charge is -2.17. The van der Waals surface area contributed by atoms with Crippen LogP contribution in [-0.4, -0.2) is 11.0 Å². The van der Waals surface area contributed by atoms with E-state index in [1.165, 1.54) is 38.2 Å². The van der Waals surface area contributed by atoms with Crippen LogP contribution in [0.15, 0.2) is 12.1 Å². The molecule has 120 valence electrons. The van der Waals surface area contributed by atoms with Crippen molar-refractivity contribution in [3.8, 4) is 11.8 Å². The van der Waals surface area contributed by atoms with E-state index in [0.717, 1.165) is 0 Å². The van der Waals surface area contributed by atoms with Gasteiger partial charge < -0.3 is 5.32 Å². The number of nitrogens with one attached hydrogen (secondary N) is 1. The van der Waals surface area contributed by atoms with Gasteiger partial charge in [-0.05, 0) is 43.7 Å². The highest BCUT2D eigenvalue weighted by Gasteiger charge is 2.11. The number of aromatic nitrogens is 1. The van der Waals surface area contributed by atoms with Crippen molar-refractivity contribution in [2.75, 3.05) is 0 Å². The lowest BCUT2D eigenvalue weighted by atomic mass is 9.90. The topological polar surface area (TPSA) is 24.9 Å². The summed E-state index contributed by atoms with van der Waals surface area (Å²) < 4.78 is 13.9. The number of rotatable bonds is 4. The normalized spacial score (nSPS) is 17.1. The van der Waals surface area contributed by atoms with Crippen molar-refractivity contribution in [1.29, 1.82) is 0 Å². The lowest BCUT2D eigenvalue weighted by molar-refractivity contribution is 0.418. The van der Waals surface area contributed by atoms with E-state index in [2.05, 4.69) is 42.9 Å². The Morgan fingerprint density at radius 2 is 1.95 bits per heavy atom. The molecule has 1 atom stereocenters. The van der Waals surface area contributed by atoms with E-state index in [1.54, 1.807) is 6.07 Å². The van der Waals surface area contributed by atoms with Crippen LogP contribution in [0.2, 0.25) is 0 Å². The Morgan fingerprint density at radius 1 is 1.23 bits per heavy atom. The monoisotopic (exact) mass is 302 g/mol. The molecule has 0 bridgehead atoms. The average Bonchev–Trinajstić information content (AvgIpc) is 2.53. The predicted molar refractivity (Wildman–Crippen MR) is 88.8 cm³/mol. The second-order valence-corrected chi connectivity index (χ2v) is 6.64. The number of hydrogen-bond donors (Lipinski definition) is 1. The third kappa shape index (κ3) is 5.10. The van der Waals surface area contributed by atoms with Crippen molar-refractivity contribution in [2.24, 2.45) is 11.8 Å². The summed E-state index contributed by atoms with van der Waals surface area (Å²) in [5.41, 5.74) is 1.14. The summed E-state index contributed by atoms with van der Waals surface area (Å²) in [4.78, 5) is 4.38. The summed E-state index contributed by atoms with van der Waals surface area (Å²) in [5.74, 6) is 7.19. The molecule has 22 heavy (non-hydrogen) atoms. The van der Waals surface area contributed by atoms with Crippen LogP contribution in [0.1, 0.15) is 64.3 Å². The molecular weight excluding hydrogens is 275 g/mol. The fraction of sp³-hybridized carbons (Fsp3) is 0.632. The fourth-order valence-corrected chi connectivity index (χ4v) is 2.59. The van der Waals surface area contributed by atoms with Gasteiger partial charge in [0.1, 0.15) is 11.5 Å². The van der Waals surface area contributed by atoms with Crippen molar-refractivity contribution in [3.05, 3.63) is 29.3 Å². The highest BCUT2D eigenvalue weighted by atomic mass is 19.1. The predicted octanol–water partition coefficient (Wildman–Crippen LogP) is 4.29. The molecule has 0 radical (unpaired) electrons. The Hall–Kier alpha value is -1.40. The quantitative estimate of drug-likeness (QED) is 0.839. The van der Waals surface area contributed by atoms with Crippen LogP contribution in [-0.2, 0) is 6.54 Å². The zero-order valence-electron chi connectivity index (χ0n) is 14.0. The molecular formula is C19H27FN2. The smallest absolute Gasteiger partial charge is 0.146 e. The van der Waals surface area contributed by atoms with Crippen LogP contribution in [0.5, 0.6) is 0 Å². The Morgan fingerprint density at radius 3 is 2.64 bits per heavy atom. The molecule has 1 aromatic rings. The second kappa shape index (κ2) is 8.29. The van der Waals surface area contributed by atoms with Crippen molar-refractivity contribution < 1.29 is 4.39 Å². The molecule has 2 rings (SSSR count). The van der Waals surface area contributed by atoms with Crippen LogP contribution in [0.25, 0.3) is 0 Å². The summed E-state index contributed by atoms with van der Waals surface area (Å²) in [5, 5.41) is 3.32. The zero-order chi connectivity index (χ0) is 15.9. The van der Waals surface area contributed by atoms with Crippen molar-refractivity contribution >= 4 is 0 Å². The molecule has 0 saturated heterocycles. The minimum atomic E-state index is -0.258. The van der Waals surface area contributed by atoms with Gasteiger partial charge in [-0.2, -0.15) is 0 Å². The Kier molecular flexibility index (Phi) is 6.39. The van der Waals surface area contributed by atoms with Crippen LogP contribution >= 0.6 is 0 Å². The average molecular weight is 302 g/mol. The number of pyridine rings is 1. The Labute approximate surface area is 133 Å². The molecule has 0 aromatic carbocycles. The highest BCUT2D eigenvalue weighted by Crippen LogP contribution is 2.22. The van der Waals surface area contributed by atoms with Crippen LogP contribution in [0.4, 0.5) is 4.39 Å². The molecule has 2 nitrogen and oxygen atoms in total. The fourth-order valence-electron chi connectivity index (χ4n) is 2.59. The zero-order valence-corrected chi connectivity index (χ0v) is 14.0. The summed E-state index contributed by atoms with van der Waals surface area (Å²) in [6.45, 7) is 6.85. The number of nitrogens with zero attached hydrogens (tertiary/aromatic N) is 1. The molecule has 0 unspecified atom stereocenters. The molecule has 1 aromatic heterocycles. The second-order valence-electron chi connectivity index (χ2n) is 6.64. The first kappa shape index (κ1) is 17.0. The molecule has 1 aliphatic carbocycles. The van der Waals surface area contributed by atoms with E-state index >= 15 is 0 Å². The van der Waals surface area contributed by atoms with Gasteiger partial charge in [0.25, 0.3) is 0 Å². The Bertz CT molecular complexity index is 536. The molecule has 1 fully saturated rings. The largest absolute Gasteiger partial charge is 0.308 e. The molecule has 0 aliphatic heterocycles.